The van der Waals surface area contributed by atoms with Crippen LogP contribution in [-0.4, -0.2) is 34.5 Å². The summed E-state index contributed by atoms with van der Waals surface area (Å²) in [6, 6.07) is 0. The van der Waals surface area contributed by atoms with Gasteiger partial charge in [0.15, 0.2) is 0 Å². The SMILES string of the molecule is CC(=O)O[C@@H]1CC[C@@H]2[C@@H]3C[C@@H](O)[C@@H]4C[C@@H](O)CC[C@]4(C)[C@H]3CC[C@@]21C. The van der Waals surface area contributed by atoms with E-state index in [-0.39, 0.29) is 41.0 Å². The number of aliphatic hydroxyl groups excluding tert-OH is 2. The summed E-state index contributed by atoms with van der Waals surface area (Å²) in [5, 5.41) is 21.1. The van der Waals surface area contributed by atoms with Crippen LogP contribution in [0.25, 0.3) is 0 Å². The monoisotopic (exact) mass is 350 g/mol. The quantitative estimate of drug-likeness (QED) is 0.712. The lowest BCUT2D eigenvalue weighted by Gasteiger charge is -2.61. The normalized spacial score (nSPS) is 55.0. The van der Waals surface area contributed by atoms with Crippen LogP contribution in [0.5, 0.6) is 0 Å². The second kappa shape index (κ2) is 5.95. The molecule has 4 aliphatic carbocycles. The number of carbonyl (C=O) groups excluding carboxylic acids is 1. The standard InChI is InChI=1S/C21H34O4/c1-12(22)25-19-5-4-15-14-11-18(24)17-10-13(23)6-8-20(17,2)16(14)7-9-21(15,19)3/h13-19,23-24H,4-11H2,1-3H3/t13-,14-,15+,16-,17-,18+,19+,20+,21-/m0/s1. The first-order chi connectivity index (χ1) is 11.8. The Kier molecular flexibility index (Phi) is 4.23. The van der Waals surface area contributed by atoms with Gasteiger partial charge in [-0.25, -0.2) is 0 Å². The van der Waals surface area contributed by atoms with Crippen LogP contribution >= 0.6 is 0 Å². The number of hydrogen-bond acceptors (Lipinski definition) is 4. The molecule has 4 saturated carbocycles. The molecule has 0 radical (unpaired) electrons. The number of rotatable bonds is 1. The summed E-state index contributed by atoms with van der Waals surface area (Å²) in [6.45, 7) is 6.22. The van der Waals surface area contributed by atoms with Gasteiger partial charge < -0.3 is 14.9 Å². The van der Waals surface area contributed by atoms with Gasteiger partial charge in [-0.3, -0.25) is 4.79 Å². The van der Waals surface area contributed by atoms with Crippen LogP contribution in [-0.2, 0) is 9.53 Å². The first-order valence-electron chi connectivity index (χ1n) is 10.3. The predicted octanol–water partition coefficient (Wildman–Crippen LogP) is 3.29. The highest BCUT2D eigenvalue weighted by Crippen LogP contribution is 2.66. The number of esters is 1. The van der Waals surface area contributed by atoms with Crippen molar-refractivity contribution in [1.82, 2.24) is 0 Å². The third-order valence-electron chi connectivity index (χ3n) is 8.87. The maximum absolute atomic E-state index is 11.5. The van der Waals surface area contributed by atoms with Crippen LogP contribution in [0.2, 0.25) is 0 Å². The summed E-state index contributed by atoms with van der Waals surface area (Å²) in [7, 11) is 0. The molecule has 0 aromatic carbocycles. The molecule has 4 heteroatoms. The maximum Gasteiger partial charge on any atom is 0.302 e. The smallest absolute Gasteiger partial charge is 0.302 e. The largest absolute Gasteiger partial charge is 0.462 e. The van der Waals surface area contributed by atoms with Crippen molar-refractivity contribution in [3.05, 3.63) is 0 Å². The zero-order valence-electron chi connectivity index (χ0n) is 15.9. The molecule has 0 aliphatic heterocycles. The topological polar surface area (TPSA) is 66.8 Å². The van der Waals surface area contributed by atoms with E-state index in [4.69, 9.17) is 4.74 Å². The van der Waals surface area contributed by atoms with Crippen molar-refractivity contribution in [1.29, 1.82) is 0 Å². The summed E-state index contributed by atoms with van der Waals surface area (Å²) >= 11 is 0. The van der Waals surface area contributed by atoms with E-state index in [1.165, 1.54) is 13.3 Å². The fraction of sp³-hybridized carbons (Fsp3) is 0.952. The van der Waals surface area contributed by atoms with Gasteiger partial charge >= 0.3 is 5.97 Å². The van der Waals surface area contributed by atoms with Crippen molar-refractivity contribution in [2.24, 2.45) is 34.5 Å². The van der Waals surface area contributed by atoms with Crippen molar-refractivity contribution >= 4 is 5.97 Å². The number of hydrogen-bond donors (Lipinski definition) is 2. The number of fused-ring (bicyclic) bond motifs is 5. The Bertz CT molecular complexity index is 548. The molecule has 4 rings (SSSR count). The molecule has 0 bridgehead atoms. The highest BCUT2D eigenvalue weighted by atomic mass is 16.5. The Morgan fingerprint density at radius 3 is 2.32 bits per heavy atom. The van der Waals surface area contributed by atoms with Gasteiger partial charge in [0.1, 0.15) is 6.10 Å². The van der Waals surface area contributed by atoms with Crippen molar-refractivity contribution in [3.63, 3.8) is 0 Å². The van der Waals surface area contributed by atoms with Gasteiger partial charge in [-0.2, -0.15) is 0 Å². The summed E-state index contributed by atoms with van der Waals surface area (Å²) in [4.78, 5) is 11.5. The summed E-state index contributed by atoms with van der Waals surface area (Å²) < 4.78 is 5.70. The number of aliphatic hydroxyl groups is 2. The Labute approximate surface area is 151 Å². The van der Waals surface area contributed by atoms with E-state index in [1.807, 2.05) is 0 Å². The van der Waals surface area contributed by atoms with Gasteiger partial charge in [0.05, 0.1) is 12.2 Å². The zero-order chi connectivity index (χ0) is 18.0. The number of carbonyl (C=O) groups is 1. The molecule has 9 atom stereocenters. The Hall–Kier alpha value is -0.610. The number of ether oxygens (including phenoxy) is 1. The molecule has 25 heavy (non-hydrogen) atoms. The summed E-state index contributed by atoms with van der Waals surface area (Å²) in [5.74, 6) is 1.81. The van der Waals surface area contributed by atoms with Gasteiger partial charge in [-0.05, 0) is 80.5 Å². The second-order valence-electron chi connectivity index (χ2n) is 9.94. The molecule has 0 unspecified atom stereocenters. The molecule has 4 nitrogen and oxygen atoms in total. The van der Waals surface area contributed by atoms with Gasteiger partial charge in [-0.1, -0.05) is 13.8 Å². The Balaban J connectivity index is 1.61. The molecule has 0 aromatic heterocycles. The van der Waals surface area contributed by atoms with E-state index >= 15 is 0 Å². The molecule has 0 saturated heterocycles. The molecule has 142 valence electrons. The maximum atomic E-state index is 11.5. The molecular formula is C21H34O4. The highest BCUT2D eigenvalue weighted by molar-refractivity contribution is 5.66. The van der Waals surface area contributed by atoms with Gasteiger partial charge in [0.2, 0.25) is 0 Å². The fourth-order valence-electron chi connectivity index (χ4n) is 7.62. The van der Waals surface area contributed by atoms with Crippen LogP contribution in [0, 0.1) is 34.5 Å². The Morgan fingerprint density at radius 2 is 1.60 bits per heavy atom. The van der Waals surface area contributed by atoms with Gasteiger partial charge in [-0.15, -0.1) is 0 Å². The van der Waals surface area contributed by atoms with E-state index < -0.39 is 0 Å². The average molecular weight is 350 g/mol. The summed E-state index contributed by atoms with van der Waals surface area (Å²) in [5.41, 5.74) is 0.229. The van der Waals surface area contributed by atoms with Crippen LogP contribution in [0.15, 0.2) is 0 Å². The van der Waals surface area contributed by atoms with E-state index in [1.54, 1.807) is 0 Å². The molecule has 0 heterocycles. The minimum atomic E-state index is -0.295. The van der Waals surface area contributed by atoms with Crippen LogP contribution in [0.1, 0.15) is 72.1 Å². The lowest BCUT2D eigenvalue weighted by Crippen LogP contribution is -2.58. The van der Waals surface area contributed by atoms with Crippen LogP contribution in [0.4, 0.5) is 0 Å². The van der Waals surface area contributed by atoms with Gasteiger partial charge in [0, 0.05) is 12.3 Å². The van der Waals surface area contributed by atoms with Gasteiger partial charge in [0.25, 0.3) is 0 Å². The minimum absolute atomic E-state index is 0.0480. The third kappa shape index (κ3) is 2.58. The van der Waals surface area contributed by atoms with Crippen molar-refractivity contribution in [3.8, 4) is 0 Å². The molecule has 4 fully saturated rings. The van der Waals surface area contributed by atoms with Crippen LogP contribution < -0.4 is 0 Å². The fourth-order valence-corrected chi connectivity index (χ4v) is 7.62. The molecule has 0 spiro atoms. The zero-order valence-corrected chi connectivity index (χ0v) is 15.9. The van der Waals surface area contributed by atoms with Crippen molar-refractivity contribution in [2.45, 2.75) is 90.4 Å². The highest BCUT2D eigenvalue weighted by Gasteiger charge is 2.62. The minimum Gasteiger partial charge on any atom is -0.462 e. The average Bonchev–Trinajstić information content (AvgIpc) is 2.86. The molecular weight excluding hydrogens is 316 g/mol. The molecule has 4 aliphatic rings. The molecule has 0 amide bonds. The third-order valence-corrected chi connectivity index (χ3v) is 8.87. The Morgan fingerprint density at radius 1 is 0.920 bits per heavy atom. The van der Waals surface area contributed by atoms with Crippen LogP contribution in [0.3, 0.4) is 0 Å². The van der Waals surface area contributed by atoms with E-state index in [9.17, 15) is 15.0 Å². The first kappa shape index (κ1) is 17.8. The van der Waals surface area contributed by atoms with E-state index in [0.29, 0.717) is 17.8 Å². The summed E-state index contributed by atoms with van der Waals surface area (Å²) in [6.07, 6.45) is 7.44. The second-order valence-corrected chi connectivity index (χ2v) is 9.94. The lowest BCUT2D eigenvalue weighted by molar-refractivity contribution is -0.181. The van der Waals surface area contributed by atoms with Crippen molar-refractivity contribution in [2.75, 3.05) is 0 Å². The lowest BCUT2D eigenvalue weighted by atomic mass is 9.44. The van der Waals surface area contributed by atoms with E-state index in [0.717, 1.165) is 44.9 Å². The first-order valence-corrected chi connectivity index (χ1v) is 10.3. The predicted molar refractivity (Wildman–Crippen MR) is 94.7 cm³/mol. The molecule has 2 N–H and O–H groups in total. The van der Waals surface area contributed by atoms with Crippen molar-refractivity contribution < 1.29 is 19.7 Å². The molecule has 0 aromatic rings. The van der Waals surface area contributed by atoms with E-state index in [2.05, 4.69) is 13.8 Å².